The molecule has 2 aromatic carbocycles. The van der Waals surface area contributed by atoms with Crippen LogP contribution in [0.25, 0.3) is 11.2 Å². The molecule has 0 saturated carbocycles. The smallest absolute Gasteiger partial charge is 0.252 e. The fourth-order valence-corrected chi connectivity index (χ4v) is 5.46. The highest BCUT2D eigenvalue weighted by Crippen LogP contribution is 2.33. The largest absolute Gasteiger partial charge is 0.497 e. The number of aliphatic hydroxyl groups is 2. The van der Waals surface area contributed by atoms with Crippen LogP contribution in [0.1, 0.15) is 27.7 Å². The molecule has 1 fully saturated rings. The number of nitrogens with one attached hydrogen (secondary N) is 2. The molecule has 2 aromatic heterocycles. The highest BCUT2D eigenvalue weighted by Gasteiger charge is 2.46. The zero-order valence-electron chi connectivity index (χ0n) is 22.0. The Morgan fingerprint density at radius 1 is 1.07 bits per heavy atom. The van der Waals surface area contributed by atoms with Gasteiger partial charge >= 0.3 is 0 Å². The molecular formula is C28H30N6O6. The Labute approximate surface area is 229 Å². The molecule has 0 radical (unpaired) electrons. The lowest BCUT2D eigenvalue weighted by atomic mass is 10.1. The maximum atomic E-state index is 13.3. The Balaban J connectivity index is 1.27. The third kappa shape index (κ3) is 4.70. The van der Waals surface area contributed by atoms with Gasteiger partial charge in [-0.2, -0.15) is 0 Å². The van der Waals surface area contributed by atoms with Gasteiger partial charge in [-0.25, -0.2) is 15.0 Å². The standard InChI is InChI=1S/C28H30N6O6/c1-38-19-9-17(10-20(11-19)39-2)27(37)33-22-24(36)21(12-35)40-28(22)34-14-31-23-25(29-13-30-26(23)34)32-18-7-15-5-3-4-6-16(15)8-18/h3-6,9-11,13-14,18,21-22,24,28,35-36H,7-8,12H2,1-2H3,(H,33,37)(H,29,30,32)/t21-,22-,24-,28-/m1/s1. The van der Waals surface area contributed by atoms with E-state index in [2.05, 4.69) is 37.7 Å². The molecular weight excluding hydrogens is 516 g/mol. The molecule has 1 aliphatic heterocycles. The summed E-state index contributed by atoms with van der Waals surface area (Å²) >= 11 is 0. The zero-order chi connectivity index (χ0) is 27.8. The maximum Gasteiger partial charge on any atom is 0.252 e. The van der Waals surface area contributed by atoms with Crippen LogP contribution in [0.3, 0.4) is 0 Å². The van der Waals surface area contributed by atoms with E-state index in [4.69, 9.17) is 14.2 Å². The van der Waals surface area contributed by atoms with E-state index in [0.29, 0.717) is 28.5 Å². The molecule has 4 atom stereocenters. The molecule has 2 aliphatic rings. The first kappa shape index (κ1) is 26.0. The van der Waals surface area contributed by atoms with Gasteiger partial charge in [0.1, 0.15) is 36.1 Å². The Kier molecular flexibility index (Phi) is 6.96. The average Bonchev–Trinajstić information content (AvgIpc) is 3.68. The van der Waals surface area contributed by atoms with Crippen molar-refractivity contribution >= 4 is 22.9 Å². The van der Waals surface area contributed by atoms with Crippen LogP contribution in [0.5, 0.6) is 11.5 Å². The van der Waals surface area contributed by atoms with Crippen molar-refractivity contribution in [3.8, 4) is 11.5 Å². The first-order valence-corrected chi connectivity index (χ1v) is 13.0. The lowest BCUT2D eigenvalue weighted by Crippen LogP contribution is -2.46. The van der Waals surface area contributed by atoms with E-state index in [1.165, 1.54) is 31.7 Å². The molecule has 4 aromatic rings. The highest BCUT2D eigenvalue weighted by atomic mass is 16.5. The number of methoxy groups -OCH3 is 2. The number of hydrogen-bond donors (Lipinski definition) is 4. The van der Waals surface area contributed by atoms with Gasteiger partial charge in [-0.1, -0.05) is 24.3 Å². The molecule has 1 aliphatic carbocycles. The van der Waals surface area contributed by atoms with Crippen LogP contribution in [0.4, 0.5) is 5.82 Å². The van der Waals surface area contributed by atoms with Crippen LogP contribution in [0, 0.1) is 0 Å². The van der Waals surface area contributed by atoms with Gasteiger partial charge in [0.05, 0.1) is 27.2 Å². The SMILES string of the molecule is COc1cc(OC)cc(C(=O)N[C@@H]2[C@H](O)[C@@H](CO)O[C@H]2n2cnc3c(NC4Cc5ccccc5C4)ncnc32)c1. The number of carbonyl (C=O) groups excluding carboxylic acids is 1. The Morgan fingerprint density at radius 2 is 1.77 bits per heavy atom. The molecule has 4 N–H and O–H groups in total. The lowest BCUT2D eigenvalue weighted by molar-refractivity contribution is -0.0440. The number of anilines is 1. The summed E-state index contributed by atoms with van der Waals surface area (Å²) in [5, 5.41) is 27.2. The van der Waals surface area contributed by atoms with Gasteiger partial charge in [0.15, 0.2) is 23.2 Å². The summed E-state index contributed by atoms with van der Waals surface area (Å²) in [5.74, 6) is 0.999. The average molecular weight is 547 g/mol. The Hall–Kier alpha value is -4.26. The fraction of sp³-hybridized carbons (Fsp3) is 0.357. The second kappa shape index (κ2) is 10.7. The number of rotatable bonds is 8. The molecule has 208 valence electrons. The fourth-order valence-electron chi connectivity index (χ4n) is 5.46. The molecule has 12 nitrogen and oxygen atoms in total. The topological polar surface area (TPSA) is 153 Å². The molecule has 1 saturated heterocycles. The number of imidazole rings is 1. The summed E-state index contributed by atoms with van der Waals surface area (Å²) in [4.78, 5) is 26.7. The van der Waals surface area contributed by atoms with Crippen molar-refractivity contribution in [1.82, 2.24) is 24.8 Å². The molecule has 6 rings (SSSR count). The summed E-state index contributed by atoms with van der Waals surface area (Å²) in [6, 6.07) is 12.4. The van der Waals surface area contributed by atoms with E-state index < -0.39 is 37.0 Å². The number of aromatic nitrogens is 4. The van der Waals surface area contributed by atoms with Crippen molar-refractivity contribution in [3.63, 3.8) is 0 Å². The van der Waals surface area contributed by atoms with Gasteiger partial charge in [0, 0.05) is 17.7 Å². The Bertz CT molecular complexity index is 1500. The van der Waals surface area contributed by atoms with Crippen LogP contribution in [-0.2, 0) is 17.6 Å². The predicted octanol–water partition coefficient (Wildman–Crippen LogP) is 1.47. The van der Waals surface area contributed by atoms with Crippen LogP contribution < -0.4 is 20.1 Å². The van der Waals surface area contributed by atoms with Gasteiger partial charge in [0.25, 0.3) is 5.91 Å². The minimum atomic E-state index is -1.19. The number of fused-ring (bicyclic) bond motifs is 2. The van der Waals surface area contributed by atoms with Gasteiger partial charge in [-0.15, -0.1) is 0 Å². The molecule has 12 heteroatoms. The van der Waals surface area contributed by atoms with Crippen LogP contribution in [0.15, 0.2) is 55.1 Å². The minimum absolute atomic E-state index is 0.163. The zero-order valence-corrected chi connectivity index (χ0v) is 22.0. The third-order valence-electron chi connectivity index (χ3n) is 7.49. The summed E-state index contributed by atoms with van der Waals surface area (Å²) in [5.41, 5.74) is 3.90. The van der Waals surface area contributed by atoms with Gasteiger partial charge in [0.2, 0.25) is 0 Å². The monoisotopic (exact) mass is 546 g/mol. The number of hydrogen-bond acceptors (Lipinski definition) is 10. The summed E-state index contributed by atoms with van der Waals surface area (Å²) < 4.78 is 18.2. The number of carbonyl (C=O) groups is 1. The van der Waals surface area contributed by atoms with Crippen molar-refractivity contribution in [2.75, 3.05) is 26.1 Å². The molecule has 0 bridgehead atoms. The van der Waals surface area contributed by atoms with Crippen molar-refractivity contribution in [2.45, 2.75) is 43.4 Å². The molecule has 0 unspecified atom stereocenters. The number of amides is 1. The number of nitrogens with zero attached hydrogens (tertiary/aromatic N) is 4. The third-order valence-corrected chi connectivity index (χ3v) is 7.49. The summed E-state index contributed by atoms with van der Waals surface area (Å²) in [7, 11) is 2.99. The van der Waals surface area contributed by atoms with Gasteiger partial charge in [-0.05, 0) is 36.1 Å². The number of benzene rings is 2. The second-order valence-electron chi connectivity index (χ2n) is 9.90. The second-order valence-corrected chi connectivity index (χ2v) is 9.90. The number of aliphatic hydroxyl groups excluding tert-OH is 2. The molecule has 0 spiro atoms. The lowest BCUT2D eigenvalue weighted by Gasteiger charge is -2.23. The quantitative estimate of drug-likeness (QED) is 0.256. The minimum Gasteiger partial charge on any atom is -0.497 e. The van der Waals surface area contributed by atoms with E-state index >= 15 is 0 Å². The van der Waals surface area contributed by atoms with E-state index in [1.807, 2.05) is 12.1 Å². The van der Waals surface area contributed by atoms with Crippen molar-refractivity contribution in [2.24, 2.45) is 0 Å². The van der Waals surface area contributed by atoms with E-state index in [0.717, 1.165) is 12.8 Å². The molecule has 3 heterocycles. The normalized spacial score (nSPS) is 22.3. The maximum absolute atomic E-state index is 13.3. The summed E-state index contributed by atoms with van der Waals surface area (Å²) in [6.45, 7) is -0.437. The Morgan fingerprint density at radius 3 is 2.42 bits per heavy atom. The van der Waals surface area contributed by atoms with E-state index in [-0.39, 0.29) is 11.6 Å². The highest BCUT2D eigenvalue weighted by molar-refractivity contribution is 5.95. The molecule has 40 heavy (non-hydrogen) atoms. The predicted molar refractivity (Wildman–Crippen MR) is 144 cm³/mol. The van der Waals surface area contributed by atoms with Crippen LogP contribution in [0.2, 0.25) is 0 Å². The number of ether oxygens (including phenoxy) is 3. The summed E-state index contributed by atoms with van der Waals surface area (Å²) in [6.07, 6.45) is 1.72. The van der Waals surface area contributed by atoms with E-state index in [1.54, 1.807) is 29.1 Å². The van der Waals surface area contributed by atoms with Crippen molar-refractivity contribution < 1.29 is 29.2 Å². The van der Waals surface area contributed by atoms with Crippen LogP contribution >= 0.6 is 0 Å². The van der Waals surface area contributed by atoms with E-state index in [9.17, 15) is 15.0 Å². The van der Waals surface area contributed by atoms with Gasteiger partial charge < -0.3 is 35.1 Å². The first-order valence-electron chi connectivity index (χ1n) is 13.0. The van der Waals surface area contributed by atoms with Crippen molar-refractivity contribution in [1.29, 1.82) is 0 Å². The molecule has 1 amide bonds. The van der Waals surface area contributed by atoms with Crippen molar-refractivity contribution in [3.05, 3.63) is 71.8 Å². The van der Waals surface area contributed by atoms with Crippen LogP contribution in [-0.4, -0.2) is 80.8 Å². The first-order chi connectivity index (χ1) is 19.5. The van der Waals surface area contributed by atoms with Gasteiger partial charge in [-0.3, -0.25) is 9.36 Å².